The molecule has 0 bridgehead atoms. The Kier molecular flexibility index (Phi) is 3.30. The van der Waals surface area contributed by atoms with E-state index in [0.29, 0.717) is 6.04 Å². The van der Waals surface area contributed by atoms with Gasteiger partial charge in [-0.3, -0.25) is 0 Å². The van der Waals surface area contributed by atoms with Gasteiger partial charge in [0.15, 0.2) is 0 Å². The molecule has 1 fully saturated rings. The largest absolute Gasteiger partial charge is 0.369 e. The molecule has 0 atom stereocenters. The Bertz CT molecular complexity index is 338. The molecule has 1 aromatic heterocycles. The zero-order chi connectivity index (χ0) is 10.7. The number of aromatic nitrogens is 2. The molecule has 2 rings (SSSR count). The van der Waals surface area contributed by atoms with Crippen molar-refractivity contribution >= 4 is 24.3 Å². The summed E-state index contributed by atoms with van der Waals surface area (Å²) in [6.07, 6.45) is 2.50. The molecule has 0 amide bonds. The third-order valence-electron chi connectivity index (χ3n) is 2.19. The summed E-state index contributed by atoms with van der Waals surface area (Å²) in [6.45, 7) is 2.73. The average molecular weight is 224 g/mol. The molecule has 0 aliphatic heterocycles. The summed E-state index contributed by atoms with van der Waals surface area (Å²) in [5.74, 6) is 3.39. The highest BCUT2D eigenvalue weighted by molar-refractivity contribution is 7.80. The topological polar surface area (TPSA) is 49.8 Å². The van der Waals surface area contributed by atoms with E-state index in [0.717, 1.165) is 29.8 Å². The Morgan fingerprint density at radius 3 is 2.80 bits per heavy atom. The van der Waals surface area contributed by atoms with Gasteiger partial charge in [0.1, 0.15) is 17.5 Å². The smallest absolute Gasteiger partial charge is 0.132 e. The Morgan fingerprint density at radius 2 is 2.13 bits per heavy atom. The lowest BCUT2D eigenvalue weighted by Crippen LogP contribution is -2.09. The molecule has 0 aromatic carbocycles. The fourth-order valence-corrected chi connectivity index (χ4v) is 1.46. The molecular formula is C10H16N4S. The Morgan fingerprint density at radius 1 is 1.40 bits per heavy atom. The summed E-state index contributed by atoms with van der Waals surface area (Å²) in [4.78, 5) is 8.64. The van der Waals surface area contributed by atoms with Crippen LogP contribution < -0.4 is 10.6 Å². The van der Waals surface area contributed by atoms with Crippen molar-refractivity contribution in [3.8, 4) is 0 Å². The van der Waals surface area contributed by atoms with E-state index in [-0.39, 0.29) is 0 Å². The van der Waals surface area contributed by atoms with Crippen molar-refractivity contribution in [2.45, 2.75) is 25.8 Å². The van der Waals surface area contributed by atoms with E-state index in [2.05, 4.69) is 33.2 Å². The van der Waals surface area contributed by atoms with Gasteiger partial charge in [-0.15, -0.1) is 0 Å². The lowest BCUT2D eigenvalue weighted by molar-refractivity contribution is 1.01. The van der Waals surface area contributed by atoms with Gasteiger partial charge in [0.2, 0.25) is 0 Å². The Balaban J connectivity index is 2.05. The maximum absolute atomic E-state index is 4.34. The fourth-order valence-electron chi connectivity index (χ4n) is 1.35. The van der Waals surface area contributed by atoms with Crippen LogP contribution in [0.4, 0.5) is 11.6 Å². The normalized spacial score (nSPS) is 15.1. The molecule has 1 aliphatic rings. The van der Waals surface area contributed by atoms with Gasteiger partial charge >= 0.3 is 0 Å². The maximum atomic E-state index is 4.34. The molecule has 82 valence electrons. The Hall–Kier alpha value is -0.970. The van der Waals surface area contributed by atoms with Crippen molar-refractivity contribution in [2.75, 3.05) is 22.9 Å². The highest BCUT2D eigenvalue weighted by atomic mass is 32.1. The fraction of sp³-hybridized carbons (Fsp3) is 0.600. The molecule has 0 unspecified atom stereocenters. The number of nitrogens with zero attached hydrogens (tertiary/aromatic N) is 2. The summed E-state index contributed by atoms with van der Waals surface area (Å²) >= 11 is 4.15. The van der Waals surface area contributed by atoms with Crippen LogP contribution in [0.2, 0.25) is 0 Å². The first-order chi connectivity index (χ1) is 7.28. The number of thiol groups is 1. The first-order valence-corrected chi connectivity index (χ1v) is 5.88. The number of hydrogen-bond donors (Lipinski definition) is 3. The predicted octanol–water partition coefficient (Wildman–Crippen LogP) is 1.70. The lowest BCUT2D eigenvalue weighted by Gasteiger charge is -2.08. The zero-order valence-electron chi connectivity index (χ0n) is 8.82. The number of aryl methyl sites for hydroxylation is 1. The molecule has 0 saturated heterocycles. The van der Waals surface area contributed by atoms with Gasteiger partial charge in [-0.05, 0) is 19.8 Å². The first-order valence-electron chi connectivity index (χ1n) is 5.25. The van der Waals surface area contributed by atoms with Crippen molar-refractivity contribution in [3.63, 3.8) is 0 Å². The molecule has 15 heavy (non-hydrogen) atoms. The van der Waals surface area contributed by atoms with Crippen LogP contribution in [0.1, 0.15) is 18.7 Å². The van der Waals surface area contributed by atoms with Crippen molar-refractivity contribution in [1.82, 2.24) is 9.97 Å². The van der Waals surface area contributed by atoms with Crippen LogP contribution in [0.3, 0.4) is 0 Å². The van der Waals surface area contributed by atoms with Crippen LogP contribution in [0.15, 0.2) is 6.07 Å². The molecule has 1 saturated carbocycles. The van der Waals surface area contributed by atoms with E-state index < -0.39 is 0 Å². The summed E-state index contributed by atoms with van der Waals surface area (Å²) in [7, 11) is 0. The molecule has 2 N–H and O–H groups in total. The van der Waals surface area contributed by atoms with Crippen LogP contribution in [-0.2, 0) is 0 Å². The summed E-state index contributed by atoms with van der Waals surface area (Å²) < 4.78 is 0. The first kappa shape index (κ1) is 10.5. The van der Waals surface area contributed by atoms with Crippen molar-refractivity contribution < 1.29 is 0 Å². The van der Waals surface area contributed by atoms with Gasteiger partial charge in [-0.25, -0.2) is 9.97 Å². The second-order valence-corrected chi connectivity index (χ2v) is 4.20. The van der Waals surface area contributed by atoms with Crippen LogP contribution in [0.5, 0.6) is 0 Å². The summed E-state index contributed by atoms with van der Waals surface area (Å²) in [6, 6.07) is 2.58. The van der Waals surface area contributed by atoms with Crippen LogP contribution in [-0.4, -0.2) is 28.3 Å². The van der Waals surface area contributed by atoms with E-state index in [1.165, 1.54) is 12.8 Å². The Labute approximate surface area is 95.3 Å². The SMILES string of the molecule is Cc1nc(NCCS)cc(NC2CC2)n1. The molecule has 4 nitrogen and oxygen atoms in total. The molecule has 1 aromatic rings. The molecular weight excluding hydrogens is 208 g/mol. The van der Waals surface area contributed by atoms with Crippen LogP contribution in [0.25, 0.3) is 0 Å². The van der Waals surface area contributed by atoms with Crippen molar-refractivity contribution in [3.05, 3.63) is 11.9 Å². The zero-order valence-corrected chi connectivity index (χ0v) is 9.72. The molecule has 1 aliphatic carbocycles. The van der Waals surface area contributed by atoms with E-state index in [1.54, 1.807) is 0 Å². The molecule has 1 heterocycles. The summed E-state index contributed by atoms with van der Waals surface area (Å²) in [5, 5.41) is 6.56. The minimum absolute atomic E-state index is 0.622. The third kappa shape index (κ3) is 3.27. The van der Waals surface area contributed by atoms with E-state index in [4.69, 9.17) is 0 Å². The van der Waals surface area contributed by atoms with Gasteiger partial charge in [0.05, 0.1) is 0 Å². The third-order valence-corrected chi connectivity index (χ3v) is 2.41. The van der Waals surface area contributed by atoms with Gasteiger partial charge in [0.25, 0.3) is 0 Å². The van der Waals surface area contributed by atoms with E-state index in [9.17, 15) is 0 Å². The predicted molar refractivity (Wildman–Crippen MR) is 65.8 cm³/mol. The van der Waals surface area contributed by atoms with Crippen LogP contribution in [0, 0.1) is 6.92 Å². The number of hydrogen-bond acceptors (Lipinski definition) is 5. The van der Waals surface area contributed by atoms with E-state index >= 15 is 0 Å². The van der Waals surface area contributed by atoms with Gasteiger partial charge < -0.3 is 10.6 Å². The number of nitrogens with one attached hydrogen (secondary N) is 2. The van der Waals surface area contributed by atoms with Crippen molar-refractivity contribution in [2.24, 2.45) is 0 Å². The second-order valence-electron chi connectivity index (χ2n) is 3.75. The lowest BCUT2D eigenvalue weighted by atomic mass is 10.4. The van der Waals surface area contributed by atoms with Crippen molar-refractivity contribution in [1.29, 1.82) is 0 Å². The highest BCUT2D eigenvalue weighted by Gasteiger charge is 2.21. The van der Waals surface area contributed by atoms with Gasteiger partial charge in [-0.1, -0.05) is 0 Å². The highest BCUT2D eigenvalue weighted by Crippen LogP contribution is 2.24. The maximum Gasteiger partial charge on any atom is 0.132 e. The minimum atomic E-state index is 0.622. The average Bonchev–Trinajstić information content (AvgIpc) is 2.98. The molecule has 5 heteroatoms. The second kappa shape index (κ2) is 4.70. The summed E-state index contributed by atoms with van der Waals surface area (Å²) in [5.41, 5.74) is 0. The number of anilines is 2. The van der Waals surface area contributed by atoms with Crippen LogP contribution >= 0.6 is 12.6 Å². The van der Waals surface area contributed by atoms with E-state index in [1.807, 2.05) is 13.0 Å². The van der Waals surface area contributed by atoms with Gasteiger partial charge in [-0.2, -0.15) is 12.6 Å². The monoisotopic (exact) mass is 224 g/mol. The standard InChI is InChI=1S/C10H16N4S/c1-7-12-9(11-4-5-15)6-10(13-7)14-8-2-3-8/h6,8,15H,2-5H2,1H3,(H2,11,12,13,14). The molecule has 0 radical (unpaired) electrons. The molecule has 0 spiro atoms. The number of rotatable bonds is 5. The minimum Gasteiger partial charge on any atom is -0.369 e. The quantitative estimate of drug-likeness (QED) is 0.666. The van der Waals surface area contributed by atoms with Gasteiger partial charge in [0, 0.05) is 24.4 Å².